The van der Waals surface area contributed by atoms with Crippen molar-refractivity contribution in [2.24, 2.45) is 0 Å². The summed E-state index contributed by atoms with van der Waals surface area (Å²) >= 11 is 1.71. The molecule has 0 bridgehead atoms. The van der Waals surface area contributed by atoms with Gasteiger partial charge in [0.2, 0.25) is 0 Å². The fourth-order valence-electron chi connectivity index (χ4n) is 1.38. The second-order valence-electron chi connectivity index (χ2n) is 2.82. The van der Waals surface area contributed by atoms with E-state index in [9.17, 15) is 4.79 Å². The van der Waals surface area contributed by atoms with Gasteiger partial charge in [-0.15, -0.1) is 11.3 Å². The molecule has 0 aliphatic carbocycles. The highest BCUT2D eigenvalue weighted by atomic mass is 32.1. The maximum atomic E-state index is 11.3. The summed E-state index contributed by atoms with van der Waals surface area (Å²) in [4.78, 5) is 12.5. The summed E-state index contributed by atoms with van der Waals surface area (Å²) in [5, 5.41) is 2.11. The van der Waals surface area contributed by atoms with Gasteiger partial charge in [-0.25, -0.2) is 0 Å². The van der Waals surface area contributed by atoms with Crippen LogP contribution in [0.4, 0.5) is 0 Å². The van der Waals surface area contributed by atoms with Crippen molar-refractivity contribution in [3.05, 3.63) is 21.4 Å². The molecule has 1 nitrogen and oxygen atoms in total. The molecular formula is C10H14OS. The monoisotopic (exact) mass is 182 g/mol. The third kappa shape index (κ3) is 1.58. The number of aryl methyl sites for hydroxylation is 2. The first-order valence-electron chi connectivity index (χ1n) is 4.30. The molecule has 0 unspecified atom stereocenters. The van der Waals surface area contributed by atoms with Crippen LogP contribution in [0.15, 0.2) is 5.38 Å². The Kier molecular flexibility index (Phi) is 3.04. The van der Waals surface area contributed by atoms with Crippen LogP contribution in [0.25, 0.3) is 0 Å². The molecule has 12 heavy (non-hydrogen) atoms. The van der Waals surface area contributed by atoms with Crippen molar-refractivity contribution in [3.63, 3.8) is 0 Å². The zero-order valence-corrected chi connectivity index (χ0v) is 8.62. The van der Waals surface area contributed by atoms with Crippen LogP contribution in [0.2, 0.25) is 0 Å². The molecule has 1 aromatic rings. The molecule has 0 saturated heterocycles. The third-order valence-corrected chi connectivity index (χ3v) is 3.18. The van der Waals surface area contributed by atoms with Crippen molar-refractivity contribution in [3.8, 4) is 0 Å². The SMILES string of the molecule is CCc1csc(CC)c1C(C)=O. The van der Waals surface area contributed by atoms with Crippen LogP contribution >= 0.6 is 11.3 Å². The number of ketones is 1. The molecule has 1 aromatic heterocycles. The Hall–Kier alpha value is -0.630. The van der Waals surface area contributed by atoms with E-state index in [0.29, 0.717) is 0 Å². The Morgan fingerprint density at radius 2 is 2.08 bits per heavy atom. The van der Waals surface area contributed by atoms with Gasteiger partial charge in [0.1, 0.15) is 0 Å². The minimum absolute atomic E-state index is 0.213. The van der Waals surface area contributed by atoms with E-state index in [4.69, 9.17) is 0 Å². The van der Waals surface area contributed by atoms with Crippen LogP contribution in [0.1, 0.15) is 41.6 Å². The largest absolute Gasteiger partial charge is 0.294 e. The van der Waals surface area contributed by atoms with Gasteiger partial charge in [-0.1, -0.05) is 13.8 Å². The van der Waals surface area contributed by atoms with Crippen molar-refractivity contribution in [2.75, 3.05) is 0 Å². The minimum atomic E-state index is 0.213. The van der Waals surface area contributed by atoms with E-state index in [1.54, 1.807) is 18.3 Å². The van der Waals surface area contributed by atoms with Gasteiger partial charge < -0.3 is 0 Å². The zero-order chi connectivity index (χ0) is 9.14. The van der Waals surface area contributed by atoms with Crippen LogP contribution < -0.4 is 0 Å². The Morgan fingerprint density at radius 3 is 2.50 bits per heavy atom. The fraction of sp³-hybridized carbons (Fsp3) is 0.500. The Labute approximate surface area is 77.4 Å². The first kappa shape index (κ1) is 9.46. The lowest BCUT2D eigenvalue weighted by atomic mass is 10.0. The molecule has 1 heterocycles. The number of carbonyl (C=O) groups is 1. The summed E-state index contributed by atoms with van der Waals surface area (Å²) in [6.07, 6.45) is 1.94. The van der Waals surface area contributed by atoms with Gasteiger partial charge in [0, 0.05) is 10.4 Å². The van der Waals surface area contributed by atoms with Crippen LogP contribution in [0, 0.1) is 0 Å². The lowest BCUT2D eigenvalue weighted by Crippen LogP contribution is -1.98. The summed E-state index contributed by atoms with van der Waals surface area (Å²) in [6.45, 7) is 5.84. The Morgan fingerprint density at radius 1 is 1.42 bits per heavy atom. The lowest BCUT2D eigenvalue weighted by Gasteiger charge is -1.99. The highest BCUT2D eigenvalue weighted by Gasteiger charge is 2.12. The normalized spacial score (nSPS) is 10.2. The predicted molar refractivity (Wildman–Crippen MR) is 53.1 cm³/mol. The molecule has 66 valence electrons. The van der Waals surface area contributed by atoms with E-state index in [1.807, 2.05) is 0 Å². The summed E-state index contributed by atoms with van der Waals surface area (Å²) in [7, 11) is 0. The highest BCUT2D eigenvalue weighted by Crippen LogP contribution is 2.24. The minimum Gasteiger partial charge on any atom is -0.294 e. The Bertz CT molecular complexity index is 265. The number of hydrogen-bond donors (Lipinski definition) is 0. The topological polar surface area (TPSA) is 17.1 Å². The van der Waals surface area contributed by atoms with E-state index < -0.39 is 0 Å². The van der Waals surface area contributed by atoms with E-state index in [1.165, 1.54) is 10.4 Å². The number of thiophene rings is 1. The van der Waals surface area contributed by atoms with Crippen molar-refractivity contribution in [1.29, 1.82) is 0 Å². The molecule has 0 amide bonds. The second-order valence-corrected chi connectivity index (χ2v) is 3.79. The molecular weight excluding hydrogens is 168 g/mol. The van der Waals surface area contributed by atoms with E-state index in [2.05, 4.69) is 19.2 Å². The molecule has 0 spiro atoms. The molecule has 0 aliphatic rings. The van der Waals surface area contributed by atoms with Crippen molar-refractivity contribution >= 4 is 17.1 Å². The van der Waals surface area contributed by atoms with Crippen LogP contribution in [-0.4, -0.2) is 5.78 Å². The lowest BCUT2D eigenvalue weighted by molar-refractivity contribution is 0.101. The number of hydrogen-bond acceptors (Lipinski definition) is 2. The average Bonchev–Trinajstić information content (AvgIpc) is 2.46. The summed E-state index contributed by atoms with van der Waals surface area (Å²) < 4.78 is 0. The molecule has 0 atom stereocenters. The predicted octanol–water partition coefficient (Wildman–Crippen LogP) is 3.08. The first-order valence-corrected chi connectivity index (χ1v) is 5.18. The summed E-state index contributed by atoms with van der Waals surface area (Å²) in [5.74, 6) is 0.213. The van der Waals surface area contributed by atoms with E-state index in [0.717, 1.165) is 18.4 Å². The van der Waals surface area contributed by atoms with Crippen LogP contribution in [0.5, 0.6) is 0 Å². The molecule has 0 saturated carbocycles. The first-order chi connectivity index (χ1) is 5.70. The second kappa shape index (κ2) is 3.85. The van der Waals surface area contributed by atoms with Crippen LogP contribution in [-0.2, 0) is 12.8 Å². The maximum Gasteiger partial charge on any atom is 0.161 e. The number of rotatable bonds is 3. The third-order valence-electron chi connectivity index (χ3n) is 2.00. The fourth-order valence-corrected chi connectivity index (χ4v) is 2.51. The summed E-state index contributed by atoms with van der Waals surface area (Å²) in [5.41, 5.74) is 2.19. The molecule has 0 aromatic carbocycles. The smallest absolute Gasteiger partial charge is 0.161 e. The molecule has 2 heteroatoms. The van der Waals surface area contributed by atoms with Crippen molar-refractivity contribution in [2.45, 2.75) is 33.6 Å². The van der Waals surface area contributed by atoms with Gasteiger partial charge in [-0.3, -0.25) is 4.79 Å². The molecule has 1 rings (SSSR count). The van der Waals surface area contributed by atoms with Crippen molar-refractivity contribution in [1.82, 2.24) is 0 Å². The van der Waals surface area contributed by atoms with Crippen molar-refractivity contribution < 1.29 is 4.79 Å². The molecule has 0 radical (unpaired) electrons. The van der Waals surface area contributed by atoms with Gasteiger partial charge >= 0.3 is 0 Å². The van der Waals surface area contributed by atoms with E-state index in [-0.39, 0.29) is 5.78 Å². The van der Waals surface area contributed by atoms with Gasteiger partial charge in [0.15, 0.2) is 5.78 Å². The van der Waals surface area contributed by atoms with Gasteiger partial charge in [-0.05, 0) is 30.7 Å². The summed E-state index contributed by atoms with van der Waals surface area (Å²) in [6, 6.07) is 0. The molecule has 0 N–H and O–H groups in total. The molecule has 0 fully saturated rings. The molecule has 0 aliphatic heterocycles. The van der Waals surface area contributed by atoms with Gasteiger partial charge in [0.25, 0.3) is 0 Å². The van der Waals surface area contributed by atoms with E-state index >= 15 is 0 Å². The highest BCUT2D eigenvalue weighted by molar-refractivity contribution is 7.10. The van der Waals surface area contributed by atoms with Gasteiger partial charge in [0.05, 0.1) is 0 Å². The van der Waals surface area contributed by atoms with Crippen LogP contribution in [0.3, 0.4) is 0 Å². The zero-order valence-electron chi connectivity index (χ0n) is 7.81. The standard InChI is InChI=1S/C10H14OS/c1-4-8-6-12-9(5-2)10(8)7(3)11/h6H,4-5H2,1-3H3. The maximum absolute atomic E-state index is 11.3. The van der Waals surface area contributed by atoms with Gasteiger partial charge in [-0.2, -0.15) is 0 Å². The quantitative estimate of drug-likeness (QED) is 0.656. The number of carbonyl (C=O) groups excluding carboxylic acids is 1. The average molecular weight is 182 g/mol. The number of Topliss-reactive ketones (excluding diaryl/α,β-unsaturated/α-hetero) is 1. The Balaban J connectivity index is 3.16.